The van der Waals surface area contributed by atoms with Crippen LogP contribution in [-0.4, -0.2) is 30.8 Å². The van der Waals surface area contributed by atoms with Crippen LogP contribution in [0.1, 0.15) is 18.2 Å². The Labute approximate surface area is 129 Å². The van der Waals surface area contributed by atoms with Crippen molar-refractivity contribution in [3.05, 3.63) is 60.2 Å². The summed E-state index contributed by atoms with van der Waals surface area (Å²) in [6, 6.07) is 10.2. The monoisotopic (exact) mass is 296 g/mol. The molecule has 22 heavy (non-hydrogen) atoms. The molecule has 0 saturated heterocycles. The van der Waals surface area contributed by atoms with Gasteiger partial charge in [0, 0.05) is 18.8 Å². The summed E-state index contributed by atoms with van der Waals surface area (Å²) in [6.07, 6.45) is 5.72. The minimum absolute atomic E-state index is 0.307. The maximum Gasteiger partial charge on any atom is 0.0969 e. The van der Waals surface area contributed by atoms with E-state index in [0.29, 0.717) is 12.6 Å². The Balaban J connectivity index is 1.54. The molecule has 3 aromatic rings. The van der Waals surface area contributed by atoms with Crippen LogP contribution in [0.5, 0.6) is 0 Å². The van der Waals surface area contributed by atoms with Crippen molar-refractivity contribution in [1.82, 2.24) is 30.1 Å². The summed E-state index contributed by atoms with van der Waals surface area (Å²) in [5, 5.41) is 16.5. The lowest BCUT2D eigenvalue weighted by atomic mass is 10.3. The number of rotatable bonds is 6. The highest BCUT2D eigenvalue weighted by Crippen LogP contribution is 2.04. The van der Waals surface area contributed by atoms with Crippen molar-refractivity contribution >= 4 is 0 Å². The van der Waals surface area contributed by atoms with Gasteiger partial charge in [0.15, 0.2) is 0 Å². The van der Waals surface area contributed by atoms with Crippen molar-refractivity contribution < 1.29 is 0 Å². The molecule has 2 aromatic heterocycles. The van der Waals surface area contributed by atoms with E-state index < -0.39 is 0 Å². The topological polar surface area (TPSA) is 60.6 Å². The minimum Gasteiger partial charge on any atom is -0.307 e. The molecule has 0 radical (unpaired) electrons. The van der Waals surface area contributed by atoms with Gasteiger partial charge in [0.2, 0.25) is 0 Å². The number of nitrogens with one attached hydrogen (secondary N) is 1. The predicted molar refractivity (Wildman–Crippen MR) is 84.6 cm³/mol. The van der Waals surface area contributed by atoms with E-state index in [2.05, 4.69) is 27.5 Å². The van der Waals surface area contributed by atoms with Gasteiger partial charge in [-0.15, -0.1) is 0 Å². The van der Waals surface area contributed by atoms with Gasteiger partial charge in [-0.1, -0.05) is 18.2 Å². The van der Waals surface area contributed by atoms with Crippen LogP contribution in [0.15, 0.2) is 48.9 Å². The fourth-order valence-corrected chi connectivity index (χ4v) is 2.25. The maximum absolute atomic E-state index is 4.48. The molecule has 0 amide bonds. The molecule has 0 spiro atoms. The highest BCUT2D eigenvalue weighted by molar-refractivity contribution is 5.28. The van der Waals surface area contributed by atoms with Gasteiger partial charge in [0.1, 0.15) is 0 Å². The van der Waals surface area contributed by atoms with Crippen molar-refractivity contribution in [3.63, 3.8) is 0 Å². The molecule has 0 fully saturated rings. The van der Waals surface area contributed by atoms with Crippen LogP contribution < -0.4 is 5.32 Å². The third kappa shape index (κ3) is 3.59. The predicted octanol–water partition coefficient (Wildman–Crippen LogP) is 1.95. The molecule has 1 aromatic carbocycles. The molecular formula is C16H20N6. The zero-order valence-electron chi connectivity index (χ0n) is 12.8. The van der Waals surface area contributed by atoms with Crippen LogP contribution >= 0.6 is 0 Å². The first kappa shape index (κ1) is 14.5. The van der Waals surface area contributed by atoms with E-state index in [4.69, 9.17) is 0 Å². The third-order valence-electron chi connectivity index (χ3n) is 3.38. The average Bonchev–Trinajstić information content (AvgIpc) is 3.15. The Morgan fingerprint density at radius 3 is 2.68 bits per heavy atom. The molecule has 6 heteroatoms. The number of benzene rings is 1. The lowest BCUT2D eigenvalue weighted by molar-refractivity contribution is 0.447. The zero-order valence-corrected chi connectivity index (χ0v) is 12.8. The standard InChI is InChI=1S/C16H20N6/c1-13-8-18-21(11-13)12-14(2)17-9-15-10-19-22(20-15)16-6-4-3-5-7-16/h3-8,10-11,14,17H,9,12H2,1-2H3/t14-/m1/s1. The Hall–Kier alpha value is -2.47. The van der Waals surface area contributed by atoms with Crippen molar-refractivity contribution in [2.75, 3.05) is 0 Å². The fourth-order valence-electron chi connectivity index (χ4n) is 2.25. The zero-order chi connectivity index (χ0) is 15.4. The Bertz CT molecular complexity index is 715. The highest BCUT2D eigenvalue weighted by Gasteiger charge is 2.06. The second kappa shape index (κ2) is 6.53. The molecule has 0 saturated carbocycles. The summed E-state index contributed by atoms with van der Waals surface area (Å²) in [7, 11) is 0. The van der Waals surface area contributed by atoms with Gasteiger partial charge in [0.25, 0.3) is 0 Å². The first-order valence-electron chi connectivity index (χ1n) is 7.40. The van der Waals surface area contributed by atoms with Crippen LogP contribution in [0.3, 0.4) is 0 Å². The quantitative estimate of drug-likeness (QED) is 0.755. The van der Waals surface area contributed by atoms with Crippen molar-refractivity contribution in [3.8, 4) is 5.69 Å². The summed E-state index contributed by atoms with van der Waals surface area (Å²) < 4.78 is 1.95. The van der Waals surface area contributed by atoms with Crippen LogP contribution in [0.4, 0.5) is 0 Å². The summed E-state index contributed by atoms with van der Waals surface area (Å²) in [5.41, 5.74) is 3.07. The van der Waals surface area contributed by atoms with Crippen LogP contribution in [0, 0.1) is 6.92 Å². The SMILES string of the molecule is Cc1cnn(C[C@@H](C)NCc2cnn(-c3ccccc3)n2)c1. The Morgan fingerprint density at radius 2 is 1.95 bits per heavy atom. The lowest BCUT2D eigenvalue weighted by Gasteiger charge is -2.12. The normalized spacial score (nSPS) is 12.5. The molecule has 2 heterocycles. The van der Waals surface area contributed by atoms with Gasteiger partial charge in [-0.3, -0.25) is 4.68 Å². The van der Waals surface area contributed by atoms with Gasteiger partial charge in [-0.05, 0) is 31.5 Å². The number of hydrogen-bond donors (Lipinski definition) is 1. The van der Waals surface area contributed by atoms with Gasteiger partial charge in [0.05, 0.1) is 30.3 Å². The Kier molecular flexibility index (Phi) is 4.29. The van der Waals surface area contributed by atoms with E-state index in [-0.39, 0.29) is 0 Å². The molecule has 0 aliphatic rings. The molecule has 3 rings (SSSR count). The highest BCUT2D eigenvalue weighted by atomic mass is 15.5. The number of aromatic nitrogens is 5. The minimum atomic E-state index is 0.307. The van der Waals surface area contributed by atoms with Gasteiger partial charge in [-0.2, -0.15) is 20.1 Å². The van der Waals surface area contributed by atoms with E-state index in [1.54, 1.807) is 11.0 Å². The molecule has 0 unspecified atom stereocenters. The van der Waals surface area contributed by atoms with E-state index in [1.807, 2.05) is 54.3 Å². The first-order chi connectivity index (χ1) is 10.7. The lowest BCUT2D eigenvalue weighted by Crippen LogP contribution is -2.30. The number of nitrogens with zero attached hydrogens (tertiary/aromatic N) is 5. The smallest absolute Gasteiger partial charge is 0.0969 e. The van der Waals surface area contributed by atoms with E-state index in [9.17, 15) is 0 Å². The average molecular weight is 296 g/mol. The largest absolute Gasteiger partial charge is 0.307 e. The first-order valence-corrected chi connectivity index (χ1v) is 7.40. The van der Waals surface area contributed by atoms with Gasteiger partial charge < -0.3 is 5.32 Å². The second-order valence-electron chi connectivity index (χ2n) is 5.48. The van der Waals surface area contributed by atoms with Crippen molar-refractivity contribution in [2.45, 2.75) is 33.0 Å². The molecule has 114 valence electrons. The summed E-state index contributed by atoms with van der Waals surface area (Å²) in [5.74, 6) is 0. The van der Waals surface area contributed by atoms with E-state index in [1.165, 1.54) is 5.56 Å². The third-order valence-corrected chi connectivity index (χ3v) is 3.38. The molecular weight excluding hydrogens is 276 g/mol. The van der Waals surface area contributed by atoms with E-state index in [0.717, 1.165) is 17.9 Å². The number of hydrogen-bond acceptors (Lipinski definition) is 4. The van der Waals surface area contributed by atoms with Crippen LogP contribution in [-0.2, 0) is 13.1 Å². The number of aryl methyl sites for hydroxylation is 1. The van der Waals surface area contributed by atoms with Gasteiger partial charge in [-0.25, -0.2) is 0 Å². The maximum atomic E-state index is 4.48. The molecule has 0 aliphatic carbocycles. The molecule has 0 aliphatic heterocycles. The molecule has 6 nitrogen and oxygen atoms in total. The van der Waals surface area contributed by atoms with Crippen molar-refractivity contribution in [2.24, 2.45) is 0 Å². The number of para-hydroxylation sites is 1. The van der Waals surface area contributed by atoms with Crippen LogP contribution in [0.25, 0.3) is 5.69 Å². The summed E-state index contributed by atoms with van der Waals surface area (Å²) >= 11 is 0. The fraction of sp³-hybridized carbons (Fsp3) is 0.312. The van der Waals surface area contributed by atoms with Gasteiger partial charge >= 0.3 is 0 Å². The molecule has 1 atom stereocenters. The summed E-state index contributed by atoms with van der Waals surface area (Å²) in [4.78, 5) is 1.65. The molecule has 0 bridgehead atoms. The van der Waals surface area contributed by atoms with E-state index >= 15 is 0 Å². The molecule has 1 N–H and O–H groups in total. The van der Waals surface area contributed by atoms with Crippen molar-refractivity contribution in [1.29, 1.82) is 0 Å². The van der Waals surface area contributed by atoms with Crippen LogP contribution in [0.2, 0.25) is 0 Å². The second-order valence-corrected chi connectivity index (χ2v) is 5.48. The Morgan fingerprint density at radius 1 is 1.14 bits per heavy atom. The summed E-state index contributed by atoms with van der Waals surface area (Å²) in [6.45, 7) is 5.71.